The molecule has 1 aliphatic carbocycles. The first-order valence-electron chi connectivity index (χ1n) is 14.0. The average Bonchev–Trinajstić information content (AvgIpc) is 2.93. The van der Waals surface area contributed by atoms with Crippen LogP contribution in [-0.2, 0) is 16.0 Å². The van der Waals surface area contributed by atoms with Crippen LogP contribution in [0.25, 0.3) is 11.1 Å². The zero-order chi connectivity index (χ0) is 26.4. The van der Waals surface area contributed by atoms with E-state index in [4.69, 9.17) is 9.47 Å². The lowest BCUT2D eigenvalue weighted by molar-refractivity contribution is 0.0342. The molecule has 0 aromatic heterocycles. The first-order chi connectivity index (χ1) is 17.9. The van der Waals surface area contributed by atoms with Gasteiger partial charge in [0.25, 0.3) is 0 Å². The minimum atomic E-state index is -0.266. The Kier molecular flexibility index (Phi) is 9.63. The zero-order valence-electron chi connectivity index (χ0n) is 23.5. The standard InChI is InChI=1S/C31H45N3O3/c1-6-15-34(28-13-11-27(12-14-28)32(3)4)30-21-26(20-29(23(30)2)31(35)36-5)25-9-7-24(8-10-25)22-33-16-18-37-19-17-33/h7-10,20-21,27-28H,6,11-19,22H2,1-5H3. The van der Waals surface area contributed by atoms with E-state index in [0.29, 0.717) is 17.6 Å². The van der Waals surface area contributed by atoms with Crippen molar-refractivity contribution in [1.82, 2.24) is 9.80 Å². The van der Waals surface area contributed by atoms with Crippen molar-refractivity contribution in [2.45, 2.75) is 64.6 Å². The van der Waals surface area contributed by atoms with E-state index in [1.165, 1.54) is 44.0 Å². The van der Waals surface area contributed by atoms with Gasteiger partial charge in [-0.05, 0) is 87.5 Å². The molecule has 2 fully saturated rings. The Bertz CT molecular complexity index is 1020. The van der Waals surface area contributed by atoms with Gasteiger partial charge in [0.15, 0.2) is 0 Å². The highest BCUT2D eigenvalue weighted by molar-refractivity contribution is 5.95. The van der Waals surface area contributed by atoms with Crippen LogP contribution >= 0.6 is 0 Å². The minimum Gasteiger partial charge on any atom is -0.465 e. The minimum absolute atomic E-state index is 0.266. The SMILES string of the molecule is CCCN(c1cc(-c2ccc(CN3CCOCC3)cc2)cc(C(=O)OC)c1C)C1CCC(N(C)C)CC1. The predicted octanol–water partition coefficient (Wildman–Crippen LogP) is 5.37. The van der Waals surface area contributed by atoms with Gasteiger partial charge in [0.2, 0.25) is 0 Å². The largest absolute Gasteiger partial charge is 0.465 e. The third-order valence-corrected chi connectivity index (χ3v) is 8.19. The topological polar surface area (TPSA) is 45.3 Å². The van der Waals surface area contributed by atoms with Crippen molar-refractivity contribution in [3.63, 3.8) is 0 Å². The second-order valence-corrected chi connectivity index (χ2v) is 10.9. The molecule has 2 aromatic rings. The van der Waals surface area contributed by atoms with Crippen molar-refractivity contribution in [1.29, 1.82) is 0 Å². The van der Waals surface area contributed by atoms with Gasteiger partial charge in [-0.3, -0.25) is 4.90 Å². The molecule has 37 heavy (non-hydrogen) atoms. The van der Waals surface area contributed by atoms with E-state index in [1.807, 2.05) is 6.07 Å². The van der Waals surface area contributed by atoms with Gasteiger partial charge in [-0.25, -0.2) is 4.79 Å². The van der Waals surface area contributed by atoms with Crippen molar-refractivity contribution >= 4 is 11.7 Å². The van der Waals surface area contributed by atoms with Crippen molar-refractivity contribution in [2.75, 3.05) is 59.0 Å². The maximum atomic E-state index is 12.9. The van der Waals surface area contributed by atoms with Crippen LogP contribution in [0.2, 0.25) is 0 Å². The number of rotatable bonds is 9. The van der Waals surface area contributed by atoms with Crippen LogP contribution in [0, 0.1) is 6.92 Å². The molecule has 1 saturated heterocycles. The van der Waals surface area contributed by atoms with Gasteiger partial charge in [0, 0.05) is 44.0 Å². The summed E-state index contributed by atoms with van der Waals surface area (Å²) < 4.78 is 10.7. The molecule has 0 spiro atoms. The fourth-order valence-electron chi connectivity index (χ4n) is 5.93. The number of esters is 1. The molecule has 6 heteroatoms. The molecular weight excluding hydrogens is 462 g/mol. The van der Waals surface area contributed by atoms with Crippen LogP contribution in [0.15, 0.2) is 36.4 Å². The monoisotopic (exact) mass is 507 g/mol. The summed E-state index contributed by atoms with van der Waals surface area (Å²) in [4.78, 5) is 20.2. The number of methoxy groups -OCH3 is 1. The molecule has 2 aliphatic rings. The summed E-state index contributed by atoms with van der Waals surface area (Å²) in [5.41, 5.74) is 6.35. The van der Waals surface area contributed by atoms with Crippen molar-refractivity contribution in [2.24, 2.45) is 0 Å². The van der Waals surface area contributed by atoms with Gasteiger partial charge >= 0.3 is 5.97 Å². The van der Waals surface area contributed by atoms with E-state index in [-0.39, 0.29) is 5.97 Å². The highest BCUT2D eigenvalue weighted by Gasteiger charge is 2.29. The van der Waals surface area contributed by atoms with Crippen molar-refractivity contribution in [3.05, 3.63) is 53.1 Å². The van der Waals surface area contributed by atoms with Gasteiger partial charge in [-0.2, -0.15) is 0 Å². The number of carbonyl (C=O) groups is 1. The maximum absolute atomic E-state index is 12.9. The first kappa shape index (κ1) is 27.6. The van der Waals surface area contributed by atoms with E-state index < -0.39 is 0 Å². The van der Waals surface area contributed by atoms with E-state index in [2.05, 4.69) is 73.0 Å². The number of ether oxygens (including phenoxy) is 2. The van der Waals surface area contributed by atoms with E-state index in [1.54, 1.807) is 0 Å². The molecule has 4 rings (SSSR count). The Morgan fingerprint density at radius 2 is 1.65 bits per heavy atom. The number of hydrogen-bond acceptors (Lipinski definition) is 6. The Balaban J connectivity index is 1.64. The normalized spacial score (nSPS) is 20.7. The molecule has 0 bridgehead atoms. The third kappa shape index (κ3) is 6.73. The summed E-state index contributed by atoms with van der Waals surface area (Å²) in [5.74, 6) is -0.266. The Hall–Kier alpha value is -2.41. The molecule has 202 valence electrons. The highest BCUT2D eigenvalue weighted by Crippen LogP contribution is 2.36. The Morgan fingerprint density at radius 1 is 1.00 bits per heavy atom. The van der Waals surface area contributed by atoms with Gasteiger partial charge in [-0.15, -0.1) is 0 Å². The summed E-state index contributed by atoms with van der Waals surface area (Å²) in [5, 5.41) is 0. The van der Waals surface area contributed by atoms with Crippen LogP contribution in [-0.4, -0.2) is 81.9 Å². The Morgan fingerprint density at radius 3 is 2.24 bits per heavy atom. The lowest BCUT2D eigenvalue weighted by Gasteiger charge is -2.41. The summed E-state index contributed by atoms with van der Waals surface area (Å²) >= 11 is 0. The fraction of sp³-hybridized carbons (Fsp3) is 0.581. The molecule has 0 amide bonds. The quantitative estimate of drug-likeness (QED) is 0.425. The predicted molar refractivity (Wildman–Crippen MR) is 151 cm³/mol. The summed E-state index contributed by atoms with van der Waals surface area (Å²) in [6.45, 7) is 9.83. The van der Waals surface area contributed by atoms with Crippen LogP contribution in [0.3, 0.4) is 0 Å². The van der Waals surface area contributed by atoms with E-state index >= 15 is 0 Å². The van der Waals surface area contributed by atoms with Crippen LogP contribution in [0.5, 0.6) is 0 Å². The molecule has 0 atom stereocenters. The van der Waals surface area contributed by atoms with Crippen molar-refractivity contribution < 1.29 is 14.3 Å². The number of hydrogen-bond donors (Lipinski definition) is 0. The van der Waals surface area contributed by atoms with Gasteiger partial charge in [0.1, 0.15) is 0 Å². The average molecular weight is 508 g/mol. The Labute approximate surface area is 223 Å². The summed E-state index contributed by atoms with van der Waals surface area (Å²) in [6.07, 6.45) is 5.85. The lowest BCUT2D eigenvalue weighted by atomic mass is 9.88. The second-order valence-electron chi connectivity index (χ2n) is 10.9. The summed E-state index contributed by atoms with van der Waals surface area (Å²) in [7, 11) is 5.86. The van der Waals surface area contributed by atoms with Gasteiger partial charge in [0.05, 0.1) is 25.9 Å². The van der Waals surface area contributed by atoms with Crippen LogP contribution < -0.4 is 4.90 Å². The highest BCUT2D eigenvalue weighted by atomic mass is 16.5. The number of benzene rings is 2. The lowest BCUT2D eigenvalue weighted by Crippen LogP contribution is -2.43. The number of carbonyl (C=O) groups excluding carboxylic acids is 1. The second kappa shape index (κ2) is 12.9. The fourth-order valence-corrected chi connectivity index (χ4v) is 5.93. The summed E-state index contributed by atoms with van der Waals surface area (Å²) in [6, 6.07) is 14.3. The number of anilines is 1. The smallest absolute Gasteiger partial charge is 0.338 e. The molecule has 2 aromatic carbocycles. The third-order valence-electron chi connectivity index (χ3n) is 8.19. The van der Waals surface area contributed by atoms with Crippen LogP contribution in [0.4, 0.5) is 5.69 Å². The first-order valence-corrected chi connectivity index (χ1v) is 14.0. The van der Waals surface area contributed by atoms with Gasteiger partial charge in [-0.1, -0.05) is 31.2 Å². The molecule has 1 heterocycles. The van der Waals surface area contributed by atoms with Crippen LogP contribution in [0.1, 0.15) is 60.5 Å². The van der Waals surface area contributed by atoms with Gasteiger partial charge < -0.3 is 19.3 Å². The number of morpholine rings is 1. The van der Waals surface area contributed by atoms with Crippen molar-refractivity contribution in [3.8, 4) is 11.1 Å². The maximum Gasteiger partial charge on any atom is 0.338 e. The molecule has 0 N–H and O–H groups in total. The zero-order valence-corrected chi connectivity index (χ0v) is 23.5. The molecule has 0 unspecified atom stereocenters. The van der Waals surface area contributed by atoms with E-state index in [9.17, 15) is 4.79 Å². The molecular formula is C31H45N3O3. The molecule has 1 aliphatic heterocycles. The molecule has 1 saturated carbocycles. The van der Waals surface area contributed by atoms with E-state index in [0.717, 1.165) is 62.5 Å². The number of nitrogens with zero attached hydrogens (tertiary/aromatic N) is 3. The molecule has 0 radical (unpaired) electrons. The molecule has 6 nitrogen and oxygen atoms in total.